The predicted molar refractivity (Wildman–Crippen MR) is 224 cm³/mol. The number of allylic oxidation sites excluding steroid dienone is 6. The van der Waals surface area contributed by atoms with Crippen LogP contribution in [0.1, 0.15) is 174 Å². The van der Waals surface area contributed by atoms with Crippen LogP contribution in [0.4, 0.5) is 0 Å². The lowest BCUT2D eigenvalue weighted by molar-refractivity contribution is -0.297. The standard InChI is InChI=1S/C44H78O12S/c1-3-5-7-9-11-13-15-17-19-21-23-25-27-29-31-33-40(46)55-37(35-54-44-43(49)42(48)41(47)38(56-44)36-57(50,51)52)34-53-39(45)32-30-28-26-24-22-20-18-16-14-12-10-8-6-4-2/h11,13,16-19,37-38,41-44,47-49H,3-10,12,14-15,20-36H2,1-2H3,(H,50,51,52)/b13-11+,18-16+,19-17+/t37-,38-,41-,42?,43?,44+/m1/s1. The van der Waals surface area contributed by atoms with Crippen molar-refractivity contribution in [2.75, 3.05) is 19.0 Å². The Balaban J connectivity index is 2.48. The van der Waals surface area contributed by atoms with Gasteiger partial charge in [0.2, 0.25) is 0 Å². The van der Waals surface area contributed by atoms with E-state index in [9.17, 15) is 37.9 Å². The molecule has 0 aromatic carbocycles. The molecule has 1 heterocycles. The number of aliphatic hydroxyl groups excluding tert-OH is 3. The second-order valence-electron chi connectivity index (χ2n) is 15.4. The van der Waals surface area contributed by atoms with Crippen molar-refractivity contribution in [1.29, 1.82) is 0 Å². The highest BCUT2D eigenvalue weighted by molar-refractivity contribution is 7.85. The van der Waals surface area contributed by atoms with Gasteiger partial charge in [-0.05, 0) is 70.6 Å². The number of carbonyl (C=O) groups excluding carboxylic acids is 2. The molecule has 1 fully saturated rings. The Kier molecular flexibility index (Phi) is 32.2. The molecule has 0 bridgehead atoms. The Hall–Kier alpha value is -2.13. The molecule has 2 unspecified atom stereocenters. The second kappa shape index (κ2) is 34.7. The van der Waals surface area contributed by atoms with Crippen molar-refractivity contribution in [1.82, 2.24) is 0 Å². The van der Waals surface area contributed by atoms with Crippen LogP contribution in [0.2, 0.25) is 0 Å². The molecule has 57 heavy (non-hydrogen) atoms. The van der Waals surface area contributed by atoms with Crippen molar-refractivity contribution in [2.45, 2.75) is 211 Å². The van der Waals surface area contributed by atoms with Gasteiger partial charge >= 0.3 is 11.9 Å². The van der Waals surface area contributed by atoms with Gasteiger partial charge in [0.15, 0.2) is 12.4 Å². The van der Waals surface area contributed by atoms with Crippen LogP contribution in [0.3, 0.4) is 0 Å². The molecule has 0 radical (unpaired) electrons. The molecule has 0 amide bonds. The molecule has 1 rings (SSSR count). The highest BCUT2D eigenvalue weighted by Gasteiger charge is 2.46. The summed E-state index contributed by atoms with van der Waals surface area (Å²) in [4.78, 5) is 25.4. The minimum absolute atomic E-state index is 0.147. The number of rotatable bonds is 36. The lowest BCUT2D eigenvalue weighted by Gasteiger charge is -2.40. The van der Waals surface area contributed by atoms with Gasteiger partial charge in [-0.25, -0.2) is 0 Å². The topological polar surface area (TPSA) is 186 Å². The molecule has 332 valence electrons. The molecule has 4 N–H and O–H groups in total. The van der Waals surface area contributed by atoms with E-state index in [2.05, 4.69) is 50.3 Å². The fourth-order valence-electron chi connectivity index (χ4n) is 6.46. The maximum atomic E-state index is 12.8. The molecule has 6 atom stereocenters. The van der Waals surface area contributed by atoms with Gasteiger partial charge in [-0.3, -0.25) is 14.1 Å². The summed E-state index contributed by atoms with van der Waals surface area (Å²) in [5.41, 5.74) is 0. The van der Waals surface area contributed by atoms with Gasteiger partial charge in [0.05, 0.1) is 6.61 Å². The van der Waals surface area contributed by atoms with Crippen molar-refractivity contribution in [2.24, 2.45) is 0 Å². The lowest BCUT2D eigenvalue weighted by Crippen LogP contribution is -2.60. The first-order valence-electron chi connectivity index (χ1n) is 22.0. The van der Waals surface area contributed by atoms with E-state index in [0.29, 0.717) is 12.8 Å². The Labute approximate surface area is 344 Å². The Morgan fingerprint density at radius 2 is 1.05 bits per heavy atom. The highest BCUT2D eigenvalue weighted by Crippen LogP contribution is 2.24. The summed E-state index contributed by atoms with van der Waals surface area (Å²) < 4.78 is 54.0. The zero-order chi connectivity index (χ0) is 42.0. The van der Waals surface area contributed by atoms with Crippen LogP contribution in [-0.4, -0.2) is 96.0 Å². The number of esters is 2. The summed E-state index contributed by atoms with van der Waals surface area (Å²) >= 11 is 0. The summed E-state index contributed by atoms with van der Waals surface area (Å²) in [5.74, 6) is -2.01. The SMILES string of the molecule is CCCCC/C=C/C/C=C/CCCCCCCC(=O)O[C@H](COC(=O)CCCCCCC/C=C/CCCCCCC)CO[C@H]1O[C@H](CS(=O)(=O)O)[C@@H](O)C(O)C1O. The number of unbranched alkanes of at least 4 members (excludes halogenated alkanes) is 18. The van der Waals surface area contributed by atoms with Gasteiger partial charge in [-0.2, -0.15) is 8.42 Å². The fourth-order valence-corrected chi connectivity index (χ4v) is 7.16. The molecular weight excluding hydrogens is 753 g/mol. The number of hydrogen-bond donors (Lipinski definition) is 4. The maximum Gasteiger partial charge on any atom is 0.306 e. The highest BCUT2D eigenvalue weighted by atomic mass is 32.2. The largest absolute Gasteiger partial charge is 0.462 e. The van der Waals surface area contributed by atoms with Crippen LogP contribution in [0.15, 0.2) is 36.5 Å². The van der Waals surface area contributed by atoms with Crippen LogP contribution in [-0.2, 0) is 38.7 Å². The molecule has 0 aromatic rings. The number of hydrogen-bond acceptors (Lipinski definition) is 11. The van der Waals surface area contributed by atoms with E-state index in [0.717, 1.165) is 83.5 Å². The Morgan fingerprint density at radius 3 is 1.60 bits per heavy atom. The monoisotopic (exact) mass is 831 g/mol. The van der Waals surface area contributed by atoms with Gasteiger partial charge in [-0.1, -0.05) is 127 Å². The third kappa shape index (κ3) is 29.7. The molecule has 1 aliphatic heterocycles. The molecule has 12 nitrogen and oxygen atoms in total. The Bertz CT molecular complexity index is 1200. The van der Waals surface area contributed by atoms with E-state index in [1.54, 1.807) is 0 Å². The van der Waals surface area contributed by atoms with Gasteiger partial charge in [0, 0.05) is 12.8 Å². The molecule has 0 aliphatic carbocycles. The second-order valence-corrected chi connectivity index (χ2v) is 16.9. The van der Waals surface area contributed by atoms with E-state index in [1.165, 1.54) is 51.4 Å². The third-order valence-corrected chi connectivity index (χ3v) is 10.7. The molecule has 1 aliphatic rings. The number of ether oxygens (including phenoxy) is 4. The summed E-state index contributed by atoms with van der Waals surface area (Å²) in [6, 6.07) is 0. The van der Waals surface area contributed by atoms with Crippen LogP contribution in [0, 0.1) is 0 Å². The van der Waals surface area contributed by atoms with Gasteiger partial charge in [0.1, 0.15) is 36.8 Å². The fraction of sp³-hybridized carbons (Fsp3) is 0.818. The quantitative estimate of drug-likeness (QED) is 0.0204. The van der Waals surface area contributed by atoms with E-state index >= 15 is 0 Å². The van der Waals surface area contributed by atoms with E-state index < -0.39 is 71.2 Å². The summed E-state index contributed by atoms with van der Waals surface area (Å²) in [7, 11) is -4.60. The van der Waals surface area contributed by atoms with Crippen LogP contribution >= 0.6 is 0 Å². The minimum atomic E-state index is -4.60. The average molecular weight is 831 g/mol. The summed E-state index contributed by atoms with van der Waals surface area (Å²) in [6.07, 6.45) is 29.0. The van der Waals surface area contributed by atoms with Gasteiger partial charge < -0.3 is 34.3 Å². The molecule has 1 saturated heterocycles. The van der Waals surface area contributed by atoms with Crippen molar-refractivity contribution in [3.8, 4) is 0 Å². The smallest absolute Gasteiger partial charge is 0.306 e. The van der Waals surface area contributed by atoms with Crippen LogP contribution < -0.4 is 0 Å². The first kappa shape index (κ1) is 52.9. The van der Waals surface area contributed by atoms with Crippen LogP contribution in [0.5, 0.6) is 0 Å². The van der Waals surface area contributed by atoms with Crippen molar-refractivity contribution < 1.29 is 56.8 Å². The van der Waals surface area contributed by atoms with Crippen LogP contribution in [0.25, 0.3) is 0 Å². The Morgan fingerprint density at radius 1 is 0.596 bits per heavy atom. The number of carbonyl (C=O) groups is 2. The van der Waals surface area contributed by atoms with Crippen molar-refractivity contribution >= 4 is 22.1 Å². The van der Waals surface area contributed by atoms with Gasteiger partial charge in [-0.15, -0.1) is 0 Å². The first-order chi connectivity index (χ1) is 27.5. The van der Waals surface area contributed by atoms with E-state index in [-0.39, 0.29) is 19.4 Å². The minimum Gasteiger partial charge on any atom is -0.462 e. The molecule has 13 heteroatoms. The van der Waals surface area contributed by atoms with E-state index in [4.69, 9.17) is 18.9 Å². The summed E-state index contributed by atoms with van der Waals surface area (Å²) in [5, 5.41) is 30.8. The number of aliphatic hydroxyl groups is 3. The van der Waals surface area contributed by atoms with E-state index in [1.807, 2.05) is 0 Å². The molecule has 0 saturated carbocycles. The average Bonchev–Trinajstić information content (AvgIpc) is 3.17. The normalized spacial score (nSPS) is 20.8. The molecule has 0 aromatic heterocycles. The summed E-state index contributed by atoms with van der Waals surface area (Å²) in [6.45, 7) is 3.69. The first-order valence-corrected chi connectivity index (χ1v) is 23.7. The zero-order valence-corrected chi connectivity index (χ0v) is 36.0. The third-order valence-electron chi connectivity index (χ3n) is 9.94. The van der Waals surface area contributed by atoms with Gasteiger partial charge in [0.25, 0.3) is 10.1 Å². The molecule has 0 spiro atoms. The lowest BCUT2D eigenvalue weighted by atomic mass is 10.00. The predicted octanol–water partition coefficient (Wildman–Crippen LogP) is 8.61. The molecular formula is C44H78O12S. The van der Waals surface area contributed by atoms with Crippen molar-refractivity contribution in [3.05, 3.63) is 36.5 Å². The zero-order valence-electron chi connectivity index (χ0n) is 35.2. The van der Waals surface area contributed by atoms with Crippen molar-refractivity contribution in [3.63, 3.8) is 0 Å². The maximum absolute atomic E-state index is 12.8.